The molecule has 0 heterocycles. The first-order chi connectivity index (χ1) is 6.50. The zero-order valence-corrected chi connectivity index (χ0v) is 7.90. The van der Waals surface area contributed by atoms with Crippen LogP contribution in [-0.4, -0.2) is 22.8 Å². The standard InChI is InChI=1S/C10H13NO3/c1-7-2-4-8(5-3-7)10(11,6-12)9(13)14/h2-5,12H,6,11H2,1H3,(H,13,14)/t10-/m0/s1. The molecule has 1 aromatic rings. The second kappa shape index (κ2) is 3.77. The zero-order valence-electron chi connectivity index (χ0n) is 7.90. The molecule has 1 atom stereocenters. The number of benzene rings is 1. The van der Waals surface area contributed by atoms with Crippen molar-refractivity contribution in [3.05, 3.63) is 35.4 Å². The minimum absolute atomic E-state index is 0.401. The number of carboxylic acids is 1. The lowest BCUT2D eigenvalue weighted by atomic mass is 9.91. The fourth-order valence-corrected chi connectivity index (χ4v) is 1.13. The van der Waals surface area contributed by atoms with Crippen molar-refractivity contribution in [2.75, 3.05) is 6.61 Å². The van der Waals surface area contributed by atoms with Gasteiger partial charge < -0.3 is 15.9 Å². The van der Waals surface area contributed by atoms with E-state index in [1.165, 1.54) is 0 Å². The van der Waals surface area contributed by atoms with Crippen LogP contribution in [0.15, 0.2) is 24.3 Å². The van der Waals surface area contributed by atoms with Crippen molar-refractivity contribution in [3.63, 3.8) is 0 Å². The van der Waals surface area contributed by atoms with Gasteiger partial charge in [0.2, 0.25) is 0 Å². The number of aliphatic hydroxyl groups excluding tert-OH is 1. The molecule has 0 saturated heterocycles. The first kappa shape index (κ1) is 10.7. The average molecular weight is 195 g/mol. The van der Waals surface area contributed by atoms with Crippen LogP contribution in [0.1, 0.15) is 11.1 Å². The molecule has 0 aliphatic heterocycles. The summed E-state index contributed by atoms with van der Waals surface area (Å²) in [5, 5.41) is 17.8. The number of hydrogen-bond donors (Lipinski definition) is 3. The Kier molecular flexibility index (Phi) is 2.88. The van der Waals surface area contributed by atoms with E-state index in [4.69, 9.17) is 15.9 Å². The monoisotopic (exact) mass is 195 g/mol. The van der Waals surface area contributed by atoms with E-state index < -0.39 is 18.1 Å². The maximum absolute atomic E-state index is 10.9. The van der Waals surface area contributed by atoms with Crippen LogP contribution in [0.2, 0.25) is 0 Å². The molecule has 0 spiro atoms. The van der Waals surface area contributed by atoms with E-state index >= 15 is 0 Å². The molecule has 0 amide bonds. The number of aliphatic carboxylic acids is 1. The molecule has 0 aliphatic carbocycles. The molecule has 0 bridgehead atoms. The summed E-state index contributed by atoms with van der Waals surface area (Å²) in [7, 11) is 0. The van der Waals surface area contributed by atoms with Gasteiger partial charge in [-0.25, -0.2) is 4.79 Å². The van der Waals surface area contributed by atoms with Crippen molar-refractivity contribution < 1.29 is 15.0 Å². The molecule has 0 saturated carbocycles. The molecule has 0 fully saturated rings. The van der Waals surface area contributed by atoms with E-state index in [0.29, 0.717) is 5.56 Å². The molecular weight excluding hydrogens is 182 g/mol. The molecule has 0 aromatic heterocycles. The summed E-state index contributed by atoms with van der Waals surface area (Å²) in [6, 6.07) is 6.74. The van der Waals surface area contributed by atoms with Gasteiger partial charge >= 0.3 is 5.97 Å². The minimum atomic E-state index is -1.70. The molecule has 4 N–H and O–H groups in total. The molecule has 1 aromatic carbocycles. The third kappa shape index (κ3) is 1.76. The molecule has 1 rings (SSSR count). The quantitative estimate of drug-likeness (QED) is 0.644. The second-order valence-electron chi connectivity index (χ2n) is 3.30. The molecule has 4 nitrogen and oxygen atoms in total. The normalized spacial score (nSPS) is 14.8. The van der Waals surface area contributed by atoms with Crippen molar-refractivity contribution in [1.29, 1.82) is 0 Å². The molecule has 4 heteroatoms. The number of rotatable bonds is 3. The number of carboxylic acid groups (broad SMARTS) is 1. The molecule has 0 radical (unpaired) electrons. The van der Waals surface area contributed by atoms with Gasteiger partial charge in [0.25, 0.3) is 0 Å². The Balaban J connectivity index is 3.13. The summed E-state index contributed by atoms with van der Waals surface area (Å²) in [6.07, 6.45) is 0. The number of hydrogen-bond acceptors (Lipinski definition) is 3. The predicted octanol–water partition coefficient (Wildman–Crippen LogP) is 0.226. The summed E-state index contributed by atoms with van der Waals surface area (Å²) < 4.78 is 0. The Labute approximate surface area is 82.0 Å². The molecule has 14 heavy (non-hydrogen) atoms. The summed E-state index contributed by atoms with van der Waals surface area (Å²) in [4.78, 5) is 10.9. The highest BCUT2D eigenvalue weighted by atomic mass is 16.4. The van der Waals surface area contributed by atoms with Gasteiger partial charge in [0.15, 0.2) is 5.54 Å². The van der Waals surface area contributed by atoms with E-state index in [-0.39, 0.29) is 0 Å². The van der Waals surface area contributed by atoms with E-state index in [1.807, 2.05) is 6.92 Å². The number of nitrogens with two attached hydrogens (primary N) is 1. The topological polar surface area (TPSA) is 83.5 Å². The van der Waals surface area contributed by atoms with Crippen LogP contribution in [0.3, 0.4) is 0 Å². The van der Waals surface area contributed by atoms with Crippen LogP contribution in [0.4, 0.5) is 0 Å². The van der Waals surface area contributed by atoms with Gasteiger partial charge in [-0.05, 0) is 12.5 Å². The van der Waals surface area contributed by atoms with E-state index in [1.54, 1.807) is 24.3 Å². The van der Waals surface area contributed by atoms with Crippen molar-refractivity contribution >= 4 is 5.97 Å². The first-order valence-corrected chi connectivity index (χ1v) is 4.21. The van der Waals surface area contributed by atoms with Crippen LogP contribution >= 0.6 is 0 Å². The van der Waals surface area contributed by atoms with E-state index in [0.717, 1.165) is 5.56 Å². The number of aryl methyl sites for hydroxylation is 1. The fraction of sp³-hybridized carbons (Fsp3) is 0.300. The highest BCUT2D eigenvalue weighted by Gasteiger charge is 2.35. The summed E-state index contributed by atoms with van der Waals surface area (Å²) in [6.45, 7) is 1.27. The van der Waals surface area contributed by atoms with Gasteiger partial charge in [-0.2, -0.15) is 0 Å². The SMILES string of the molecule is Cc1ccc([C@@](N)(CO)C(=O)O)cc1. The first-order valence-electron chi connectivity index (χ1n) is 4.21. The van der Waals surface area contributed by atoms with Crippen molar-refractivity contribution in [3.8, 4) is 0 Å². The van der Waals surface area contributed by atoms with E-state index in [9.17, 15) is 4.79 Å². The second-order valence-corrected chi connectivity index (χ2v) is 3.30. The van der Waals surface area contributed by atoms with Crippen LogP contribution in [0, 0.1) is 6.92 Å². The lowest BCUT2D eigenvalue weighted by Gasteiger charge is -2.22. The smallest absolute Gasteiger partial charge is 0.330 e. The third-order valence-corrected chi connectivity index (χ3v) is 2.20. The predicted molar refractivity (Wildman–Crippen MR) is 51.8 cm³/mol. The van der Waals surface area contributed by atoms with E-state index in [2.05, 4.69) is 0 Å². The van der Waals surface area contributed by atoms with Gasteiger partial charge in [-0.3, -0.25) is 0 Å². The van der Waals surface area contributed by atoms with Gasteiger partial charge in [0, 0.05) is 0 Å². The Bertz CT molecular complexity index is 334. The number of carbonyl (C=O) groups is 1. The Hall–Kier alpha value is -1.39. The van der Waals surface area contributed by atoms with Crippen LogP contribution in [-0.2, 0) is 10.3 Å². The third-order valence-electron chi connectivity index (χ3n) is 2.20. The van der Waals surface area contributed by atoms with Crippen molar-refractivity contribution in [2.24, 2.45) is 5.73 Å². The largest absolute Gasteiger partial charge is 0.480 e. The Morgan fingerprint density at radius 1 is 1.43 bits per heavy atom. The van der Waals surface area contributed by atoms with Crippen molar-refractivity contribution in [1.82, 2.24) is 0 Å². The summed E-state index contributed by atoms with van der Waals surface area (Å²) >= 11 is 0. The maximum Gasteiger partial charge on any atom is 0.330 e. The van der Waals surface area contributed by atoms with Gasteiger partial charge in [-0.15, -0.1) is 0 Å². The van der Waals surface area contributed by atoms with Crippen LogP contribution in [0.25, 0.3) is 0 Å². The molecule has 0 unspecified atom stereocenters. The van der Waals surface area contributed by atoms with Crippen molar-refractivity contribution in [2.45, 2.75) is 12.5 Å². The average Bonchev–Trinajstić information content (AvgIpc) is 2.17. The highest BCUT2D eigenvalue weighted by molar-refractivity contribution is 5.80. The van der Waals surface area contributed by atoms with Gasteiger partial charge in [-0.1, -0.05) is 29.8 Å². The Morgan fingerprint density at radius 2 is 1.93 bits per heavy atom. The lowest BCUT2D eigenvalue weighted by Crippen LogP contribution is -2.48. The lowest BCUT2D eigenvalue weighted by molar-refractivity contribution is -0.145. The Morgan fingerprint density at radius 3 is 2.29 bits per heavy atom. The molecular formula is C10H13NO3. The molecule has 76 valence electrons. The van der Waals surface area contributed by atoms with Crippen LogP contribution < -0.4 is 5.73 Å². The summed E-state index contributed by atoms with van der Waals surface area (Å²) in [5.41, 5.74) is 5.28. The fourth-order valence-electron chi connectivity index (χ4n) is 1.13. The minimum Gasteiger partial charge on any atom is -0.480 e. The highest BCUT2D eigenvalue weighted by Crippen LogP contribution is 2.18. The number of aliphatic hydroxyl groups is 1. The maximum atomic E-state index is 10.9. The van der Waals surface area contributed by atoms with Gasteiger partial charge in [0.05, 0.1) is 6.61 Å². The zero-order chi connectivity index (χ0) is 10.8. The van der Waals surface area contributed by atoms with Gasteiger partial charge in [0.1, 0.15) is 0 Å². The van der Waals surface area contributed by atoms with Crippen LogP contribution in [0.5, 0.6) is 0 Å². The summed E-state index contributed by atoms with van der Waals surface area (Å²) in [5.74, 6) is -1.23. The molecule has 0 aliphatic rings.